The summed E-state index contributed by atoms with van der Waals surface area (Å²) in [4.78, 5) is 0. The second-order valence-corrected chi connectivity index (χ2v) is 5.98. The summed E-state index contributed by atoms with van der Waals surface area (Å²) < 4.78 is 0. The van der Waals surface area contributed by atoms with E-state index in [9.17, 15) is 0 Å². The zero-order chi connectivity index (χ0) is 15.1. The van der Waals surface area contributed by atoms with Gasteiger partial charge in [0, 0.05) is 11.5 Å². The van der Waals surface area contributed by atoms with E-state index in [1.165, 1.54) is 11.1 Å². The van der Waals surface area contributed by atoms with Crippen LogP contribution in [0.15, 0.2) is 60.7 Å². The van der Waals surface area contributed by atoms with Crippen LogP contribution in [0.1, 0.15) is 56.6 Å². The molecule has 2 aromatic rings. The molecule has 0 aliphatic rings. The fourth-order valence-corrected chi connectivity index (χ4v) is 2.93. The first kappa shape index (κ1) is 15.8. The maximum atomic E-state index is 6.50. The van der Waals surface area contributed by atoms with Crippen LogP contribution < -0.4 is 5.73 Å². The molecule has 0 heterocycles. The summed E-state index contributed by atoms with van der Waals surface area (Å²) in [6.45, 7) is 4.40. The van der Waals surface area contributed by atoms with Gasteiger partial charge in [0.2, 0.25) is 0 Å². The van der Waals surface area contributed by atoms with E-state index < -0.39 is 0 Å². The predicted molar refractivity (Wildman–Crippen MR) is 91.5 cm³/mol. The van der Waals surface area contributed by atoms with Crippen LogP contribution in [0, 0.1) is 0 Å². The molecule has 21 heavy (non-hydrogen) atoms. The lowest BCUT2D eigenvalue weighted by molar-refractivity contribution is 0.350. The first-order valence-corrected chi connectivity index (χ1v) is 8.07. The van der Waals surface area contributed by atoms with Crippen molar-refractivity contribution in [2.45, 2.75) is 51.0 Å². The number of hydrogen-bond acceptors (Lipinski definition) is 1. The largest absolute Gasteiger partial charge is 0.325 e. The molecule has 112 valence electrons. The monoisotopic (exact) mass is 281 g/mol. The first-order chi connectivity index (χ1) is 10.2. The Morgan fingerprint density at radius 1 is 0.810 bits per heavy atom. The van der Waals surface area contributed by atoms with Crippen LogP contribution in [0.5, 0.6) is 0 Å². The zero-order valence-electron chi connectivity index (χ0n) is 13.3. The van der Waals surface area contributed by atoms with Crippen molar-refractivity contribution in [2.24, 2.45) is 5.73 Å². The fourth-order valence-electron chi connectivity index (χ4n) is 2.93. The van der Waals surface area contributed by atoms with Crippen molar-refractivity contribution in [3.8, 4) is 0 Å². The highest BCUT2D eigenvalue weighted by atomic mass is 14.7. The molecule has 1 heteroatoms. The molecular weight excluding hydrogens is 254 g/mol. The van der Waals surface area contributed by atoms with Crippen molar-refractivity contribution in [3.63, 3.8) is 0 Å². The summed E-state index contributed by atoms with van der Waals surface area (Å²) >= 11 is 0. The quantitative estimate of drug-likeness (QED) is 0.749. The summed E-state index contributed by atoms with van der Waals surface area (Å²) in [6, 6.07) is 21.6. The van der Waals surface area contributed by atoms with Gasteiger partial charge >= 0.3 is 0 Å². The zero-order valence-corrected chi connectivity index (χ0v) is 13.3. The Morgan fingerprint density at radius 2 is 1.24 bits per heavy atom. The maximum absolute atomic E-state index is 6.50. The van der Waals surface area contributed by atoms with Crippen molar-refractivity contribution < 1.29 is 0 Å². The van der Waals surface area contributed by atoms with Gasteiger partial charge < -0.3 is 5.73 Å². The van der Waals surface area contributed by atoms with E-state index in [0.717, 1.165) is 25.7 Å². The van der Waals surface area contributed by atoms with E-state index in [2.05, 4.69) is 74.5 Å². The van der Waals surface area contributed by atoms with Crippen LogP contribution in [-0.4, -0.2) is 5.54 Å². The summed E-state index contributed by atoms with van der Waals surface area (Å²) in [5.41, 5.74) is 9.25. The normalized spacial score (nSPS) is 11.8. The van der Waals surface area contributed by atoms with Gasteiger partial charge in [-0.3, -0.25) is 0 Å². The molecule has 2 aromatic carbocycles. The lowest BCUT2D eigenvalue weighted by atomic mass is 9.81. The van der Waals surface area contributed by atoms with Crippen LogP contribution in [0.25, 0.3) is 0 Å². The minimum Gasteiger partial charge on any atom is -0.325 e. The standard InChI is InChI=1S/C20H27N/c1-3-20(21,4-2)16-15-19(17-11-7-5-8-12-17)18-13-9-6-10-14-18/h5-14,19H,3-4,15-16,21H2,1-2H3. The molecule has 0 radical (unpaired) electrons. The van der Waals surface area contributed by atoms with Crippen LogP contribution in [-0.2, 0) is 0 Å². The molecule has 2 rings (SSSR count). The van der Waals surface area contributed by atoms with Crippen LogP contribution >= 0.6 is 0 Å². The van der Waals surface area contributed by atoms with Crippen molar-refractivity contribution in [2.75, 3.05) is 0 Å². The number of rotatable bonds is 7. The van der Waals surface area contributed by atoms with Crippen molar-refractivity contribution in [1.29, 1.82) is 0 Å². The predicted octanol–water partition coefficient (Wildman–Crippen LogP) is 5.12. The summed E-state index contributed by atoms with van der Waals surface area (Å²) in [7, 11) is 0. The van der Waals surface area contributed by atoms with Gasteiger partial charge in [0.05, 0.1) is 0 Å². The van der Waals surface area contributed by atoms with Crippen molar-refractivity contribution in [3.05, 3.63) is 71.8 Å². The first-order valence-electron chi connectivity index (χ1n) is 8.07. The lowest BCUT2D eigenvalue weighted by Gasteiger charge is -2.29. The van der Waals surface area contributed by atoms with Crippen LogP contribution in [0.2, 0.25) is 0 Å². The highest BCUT2D eigenvalue weighted by molar-refractivity contribution is 5.32. The van der Waals surface area contributed by atoms with Gasteiger partial charge in [-0.15, -0.1) is 0 Å². The van der Waals surface area contributed by atoms with Gasteiger partial charge in [-0.1, -0.05) is 74.5 Å². The maximum Gasteiger partial charge on any atom is 0.0149 e. The molecular formula is C20H27N. The molecule has 2 N–H and O–H groups in total. The SMILES string of the molecule is CCC(N)(CC)CCC(c1ccccc1)c1ccccc1. The summed E-state index contributed by atoms with van der Waals surface area (Å²) in [5, 5.41) is 0. The lowest BCUT2D eigenvalue weighted by Crippen LogP contribution is -2.38. The van der Waals surface area contributed by atoms with Gasteiger partial charge in [0.25, 0.3) is 0 Å². The van der Waals surface area contributed by atoms with E-state index in [4.69, 9.17) is 5.73 Å². The molecule has 0 spiro atoms. The molecule has 1 nitrogen and oxygen atoms in total. The molecule has 0 bridgehead atoms. The Labute approximate surface area is 129 Å². The Morgan fingerprint density at radius 3 is 1.62 bits per heavy atom. The third kappa shape index (κ3) is 4.18. The van der Waals surface area contributed by atoms with Crippen LogP contribution in [0.3, 0.4) is 0 Å². The average Bonchev–Trinajstić information content (AvgIpc) is 2.57. The fraction of sp³-hybridized carbons (Fsp3) is 0.400. The number of nitrogens with two attached hydrogens (primary N) is 1. The van der Waals surface area contributed by atoms with E-state index in [1.54, 1.807) is 0 Å². The smallest absolute Gasteiger partial charge is 0.0149 e. The second kappa shape index (κ2) is 7.42. The van der Waals surface area contributed by atoms with E-state index in [1.807, 2.05) is 0 Å². The average molecular weight is 281 g/mol. The third-order valence-corrected chi connectivity index (χ3v) is 4.74. The Kier molecular flexibility index (Phi) is 5.58. The van der Waals surface area contributed by atoms with Gasteiger partial charge in [-0.2, -0.15) is 0 Å². The Hall–Kier alpha value is -1.60. The van der Waals surface area contributed by atoms with Gasteiger partial charge in [0.15, 0.2) is 0 Å². The van der Waals surface area contributed by atoms with E-state index in [0.29, 0.717) is 5.92 Å². The third-order valence-electron chi connectivity index (χ3n) is 4.74. The van der Waals surface area contributed by atoms with E-state index >= 15 is 0 Å². The van der Waals surface area contributed by atoms with Gasteiger partial charge in [-0.25, -0.2) is 0 Å². The number of benzene rings is 2. The van der Waals surface area contributed by atoms with Crippen molar-refractivity contribution in [1.82, 2.24) is 0 Å². The Balaban J connectivity index is 2.22. The van der Waals surface area contributed by atoms with Gasteiger partial charge in [-0.05, 0) is 36.8 Å². The summed E-state index contributed by atoms with van der Waals surface area (Å²) in [5.74, 6) is 0.438. The molecule has 0 amide bonds. The topological polar surface area (TPSA) is 26.0 Å². The molecule has 0 aliphatic heterocycles. The van der Waals surface area contributed by atoms with E-state index in [-0.39, 0.29) is 5.54 Å². The molecule has 0 atom stereocenters. The molecule has 0 aliphatic carbocycles. The molecule has 0 unspecified atom stereocenters. The molecule has 0 saturated carbocycles. The minimum atomic E-state index is -0.0260. The Bertz CT molecular complexity index is 475. The molecule has 0 saturated heterocycles. The highest BCUT2D eigenvalue weighted by Crippen LogP contribution is 2.32. The minimum absolute atomic E-state index is 0.0260. The van der Waals surface area contributed by atoms with Crippen LogP contribution in [0.4, 0.5) is 0 Å². The van der Waals surface area contributed by atoms with Crippen molar-refractivity contribution >= 4 is 0 Å². The number of hydrogen-bond donors (Lipinski definition) is 1. The highest BCUT2D eigenvalue weighted by Gasteiger charge is 2.23. The summed E-state index contributed by atoms with van der Waals surface area (Å²) in [6.07, 6.45) is 4.25. The molecule has 0 aromatic heterocycles. The van der Waals surface area contributed by atoms with Gasteiger partial charge in [0.1, 0.15) is 0 Å². The second-order valence-electron chi connectivity index (χ2n) is 5.98. The molecule has 0 fully saturated rings.